The van der Waals surface area contributed by atoms with E-state index in [2.05, 4.69) is 5.32 Å². The van der Waals surface area contributed by atoms with Crippen molar-refractivity contribution in [3.63, 3.8) is 0 Å². The smallest absolute Gasteiger partial charge is 0.338 e. The maximum absolute atomic E-state index is 12.0. The molecule has 0 aliphatic carbocycles. The van der Waals surface area contributed by atoms with Crippen LogP contribution < -0.4 is 10.1 Å². The maximum atomic E-state index is 12.0. The summed E-state index contributed by atoms with van der Waals surface area (Å²) in [5, 5.41) is 13.5. The normalized spacial score (nSPS) is 10.1. The fraction of sp³-hybridized carbons (Fsp3) is 0.222. The fourth-order valence-electron chi connectivity index (χ4n) is 2.08. The minimum Gasteiger partial charge on any atom is -0.494 e. The summed E-state index contributed by atoms with van der Waals surface area (Å²) < 4.78 is 10.3. The minimum absolute atomic E-state index is 0.0778. The Kier molecular flexibility index (Phi) is 7.13. The molecule has 0 heterocycles. The van der Waals surface area contributed by atoms with Crippen LogP contribution in [0, 0.1) is 10.1 Å². The average Bonchev–Trinajstić information content (AvgIpc) is 2.64. The van der Waals surface area contributed by atoms with Gasteiger partial charge in [0.15, 0.2) is 6.61 Å². The highest BCUT2D eigenvalue weighted by Gasteiger charge is 2.17. The van der Waals surface area contributed by atoms with Gasteiger partial charge in [-0.1, -0.05) is 18.5 Å². The molecule has 0 bridgehead atoms. The van der Waals surface area contributed by atoms with Crippen LogP contribution in [-0.4, -0.2) is 30.0 Å². The lowest BCUT2D eigenvalue weighted by atomic mass is 10.2. The highest BCUT2D eigenvalue weighted by molar-refractivity contribution is 6.31. The van der Waals surface area contributed by atoms with Crippen LogP contribution in [0.25, 0.3) is 0 Å². The Hall–Kier alpha value is -3.13. The van der Waals surface area contributed by atoms with E-state index in [1.807, 2.05) is 6.92 Å². The van der Waals surface area contributed by atoms with Gasteiger partial charge in [-0.3, -0.25) is 14.9 Å². The van der Waals surface area contributed by atoms with Gasteiger partial charge >= 0.3 is 5.97 Å². The Bertz CT molecular complexity index is 838. The summed E-state index contributed by atoms with van der Waals surface area (Å²) in [6, 6.07) is 10.0. The predicted octanol–water partition coefficient (Wildman–Crippen LogP) is 3.83. The maximum Gasteiger partial charge on any atom is 0.338 e. The van der Waals surface area contributed by atoms with Gasteiger partial charge in [-0.15, -0.1) is 0 Å². The van der Waals surface area contributed by atoms with Crippen molar-refractivity contribution in [2.75, 3.05) is 18.5 Å². The molecule has 1 N–H and O–H groups in total. The Morgan fingerprint density at radius 2 is 1.89 bits per heavy atom. The van der Waals surface area contributed by atoms with Crippen molar-refractivity contribution in [2.45, 2.75) is 13.3 Å². The van der Waals surface area contributed by atoms with E-state index in [0.29, 0.717) is 12.4 Å². The first-order valence-electron chi connectivity index (χ1n) is 8.04. The highest BCUT2D eigenvalue weighted by atomic mass is 35.5. The lowest BCUT2D eigenvalue weighted by Crippen LogP contribution is -2.21. The minimum atomic E-state index is -0.725. The number of nitrogens with one attached hydrogen (secondary N) is 1. The SMILES string of the molecule is CCCOc1ccc(C(=O)OCC(=O)Nc2cc(Cl)ccc2[N+](=O)[O-])cc1. The van der Waals surface area contributed by atoms with Crippen LogP contribution in [0.15, 0.2) is 42.5 Å². The van der Waals surface area contributed by atoms with Crippen LogP contribution in [-0.2, 0) is 9.53 Å². The van der Waals surface area contributed by atoms with Crippen molar-refractivity contribution >= 4 is 34.9 Å². The van der Waals surface area contributed by atoms with Crippen molar-refractivity contribution in [3.05, 3.63) is 63.2 Å². The highest BCUT2D eigenvalue weighted by Crippen LogP contribution is 2.27. The average molecular weight is 393 g/mol. The molecule has 27 heavy (non-hydrogen) atoms. The zero-order valence-corrected chi connectivity index (χ0v) is 15.2. The van der Waals surface area contributed by atoms with E-state index >= 15 is 0 Å². The molecular weight excluding hydrogens is 376 g/mol. The van der Waals surface area contributed by atoms with Gasteiger partial charge in [0, 0.05) is 11.1 Å². The molecule has 0 aromatic heterocycles. The number of esters is 1. The number of nitrogens with zero attached hydrogens (tertiary/aromatic N) is 1. The van der Waals surface area contributed by atoms with Gasteiger partial charge in [0.05, 0.1) is 17.1 Å². The van der Waals surface area contributed by atoms with E-state index in [9.17, 15) is 19.7 Å². The summed E-state index contributed by atoms with van der Waals surface area (Å²) in [6.07, 6.45) is 0.865. The number of anilines is 1. The topological polar surface area (TPSA) is 108 Å². The predicted molar refractivity (Wildman–Crippen MR) is 99.2 cm³/mol. The van der Waals surface area contributed by atoms with Gasteiger partial charge in [0.1, 0.15) is 11.4 Å². The molecule has 0 aliphatic rings. The van der Waals surface area contributed by atoms with Gasteiger partial charge in [-0.05, 0) is 42.8 Å². The summed E-state index contributed by atoms with van der Waals surface area (Å²) in [7, 11) is 0. The van der Waals surface area contributed by atoms with Gasteiger partial charge in [-0.2, -0.15) is 0 Å². The summed E-state index contributed by atoms with van der Waals surface area (Å²) in [6.45, 7) is 1.95. The number of ether oxygens (including phenoxy) is 2. The third-order valence-electron chi connectivity index (χ3n) is 3.33. The molecule has 0 aliphatic heterocycles. The number of hydrogen-bond acceptors (Lipinski definition) is 6. The molecule has 0 atom stereocenters. The molecule has 0 saturated heterocycles. The zero-order valence-electron chi connectivity index (χ0n) is 14.4. The van der Waals surface area contributed by atoms with Crippen LogP contribution in [0.5, 0.6) is 5.75 Å². The quantitative estimate of drug-likeness (QED) is 0.415. The third-order valence-corrected chi connectivity index (χ3v) is 3.56. The van der Waals surface area contributed by atoms with Crippen LogP contribution in [0.3, 0.4) is 0 Å². The lowest BCUT2D eigenvalue weighted by Gasteiger charge is -2.08. The zero-order chi connectivity index (χ0) is 19.8. The van der Waals surface area contributed by atoms with Crippen LogP contribution >= 0.6 is 11.6 Å². The molecule has 0 saturated carbocycles. The molecule has 0 fully saturated rings. The molecule has 2 aromatic carbocycles. The largest absolute Gasteiger partial charge is 0.494 e. The van der Waals surface area contributed by atoms with Crippen LogP contribution in [0.2, 0.25) is 5.02 Å². The summed E-state index contributed by atoms with van der Waals surface area (Å²) in [4.78, 5) is 34.2. The van der Waals surface area contributed by atoms with Crippen molar-refractivity contribution in [1.29, 1.82) is 0 Å². The van der Waals surface area contributed by atoms with E-state index in [4.69, 9.17) is 21.1 Å². The van der Waals surface area contributed by atoms with E-state index in [0.717, 1.165) is 6.42 Å². The Balaban J connectivity index is 1.93. The molecule has 9 heteroatoms. The second-order valence-electron chi connectivity index (χ2n) is 5.42. The number of carbonyl (C=O) groups excluding carboxylic acids is 2. The Morgan fingerprint density at radius 1 is 1.19 bits per heavy atom. The van der Waals surface area contributed by atoms with E-state index in [1.165, 1.54) is 30.3 Å². The van der Waals surface area contributed by atoms with E-state index < -0.39 is 23.4 Å². The number of nitro benzene ring substituents is 1. The number of amides is 1. The number of carbonyl (C=O) groups is 2. The number of halogens is 1. The van der Waals surface area contributed by atoms with Gasteiger partial charge < -0.3 is 14.8 Å². The molecule has 0 unspecified atom stereocenters. The second-order valence-corrected chi connectivity index (χ2v) is 5.85. The van der Waals surface area contributed by atoms with E-state index in [1.54, 1.807) is 12.1 Å². The number of rotatable bonds is 8. The lowest BCUT2D eigenvalue weighted by molar-refractivity contribution is -0.383. The fourth-order valence-corrected chi connectivity index (χ4v) is 2.25. The van der Waals surface area contributed by atoms with Crippen molar-refractivity contribution < 1.29 is 24.0 Å². The van der Waals surface area contributed by atoms with Gasteiger partial charge in [0.25, 0.3) is 11.6 Å². The number of hydrogen-bond donors (Lipinski definition) is 1. The first kappa shape index (κ1) is 20.2. The van der Waals surface area contributed by atoms with Crippen LogP contribution in [0.4, 0.5) is 11.4 Å². The molecule has 2 aromatic rings. The Labute approximate surface area is 160 Å². The first-order valence-corrected chi connectivity index (χ1v) is 8.42. The van der Waals surface area contributed by atoms with E-state index in [-0.39, 0.29) is 22.0 Å². The monoisotopic (exact) mass is 392 g/mol. The van der Waals surface area contributed by atoms with Gasteiger partial charge in [-0.25, -0.2) is 4.79 Å². The Morgan fingerprint density at radius 3 is 2.52 bits per heavy atom. The molecular formula is C18H17ClN2O6. The molecule has 142 valence electrons. The summed E-state index contributed by atoms with van der Waals surface area (Å²) >= 11 is 5.79. The standard InChI is InChI=1S/C18H17ClN2O6/c1-2-9-26-14-6-3-12(4-7-14)18(23)27-11-17(22)20-15-10-13(19)5-8-16(15)21(24)25/h3-8,10H,2,9,11H2,1H3,(H,20,22). The second kappa shape index (κ2) is 9.54. The molecule has 8 nitrogen and oxygen atoms in total. The number of nitro groups is 1. The molecule has 2 rings (SSSR count). The molecule has 0 spiro atoms. The summed E-state index contributed by atoms with van der Waals surface area (Å²) in [5.74, 6) is -0.802. The van der Waals surface area contributed by atoms with Crippen LogP contribution in [0.1, 0.15) is 23.7 Å². The third kappa shape index (κ3) is 5.96. The van der Waals surface area contributed by atoms with Crippen molar-refractivity contribution in [3.8, 4) is 5.75 Å². The van der Waals surface area contributed by atoms with Crippen molar-refractivity contribution in [1.82, 2.24) is 0 Å². The number of benzene rings is 2. The summed E-state index contributed by atoms with van der Waals surface area (Å²) in [5.41, 5.74) is -0.145. The van der Waals surface area contributed by atoms with Gasteiger partial charge in [0.2, 0.25) is 0 Å². The molecule has 0 radical (unpaired) electrons. The molecule has 1 amide bonds. The van der Waals surface area contributed by atoms with Crippen molar-refractivity contribution in [2.24, 2.45) is 0 Å². The first-order chi connectivity index (χ1) is 12.9.